The zero-order valence-corrected chi connectivity index (χ0v) is 13.8. The fraction of sp³-hybridized carbons (Fsp3) is 0.250. The van der Waals surface area contributed by atoms with E-state index < -0.39 is 28.4 Å². The van der Waals surface area contributed by atoms with Crippen LogP contribution in [0.5, 0.6) is 0 Å². The van der Waals surface area contributed by atoms with Gasteiger partial charge in [-0.1, -0.05) is 12.1 Å². The van der Waals surface area contributed by atoms with E-state index in [1.54, 1.807) is 0 Å². The van der Waals surface area contributed by atoms with Crippen molar-refractivity contribution in [1.82, 2.24) is 4.98 Å². The Morgan fingerprint density at radius 3 is 2.56 bits per heavy atom. The third kappa shape index (κ3) is 5.86. The lowest BCUT2D eigenvalue weighted by molar-refractivity contribution is -0.135. The van der Waals surface area contributed by atoms with Gasteiger partial charge in [0.05, 0.1) is 0 Å². The van der Waals surface area contributed by atoms with Crippen LogP contribution in [-0.2, 0) is 10.0 Å². The molecular formula is C16H15F3N2O3S. The summed E-state index contributed by atoms with van der Waals surface area (Å²) >= 11 is 0. The monoisotopic (exact) mass is 372 g/mol. The number of nitrogens with one attached hydrogen (secondary N) is 1. The second-order valence-electron chi connectivity index (χ2n) is 5.27. The number of sulfonamides is 1. The molecule has 0 radical (unpaired) electrons. The van der Waals surface area contributed by atoms with Crippen molar-refractivity contribution in [2.24, 2.45) is 0 Å². The molecule has 9 heteroatoms. The Hall–Kier alpha value is -2.42. The third-order valence-corrected chi connectivity index (χ3v) is 4.61. The second-order valence-corrected chi connectivity index (χ2v) is 6.95. The smallest absolute Gasteiger partial charge is 0.294 e. The normalized spacial score (nSPS) is 12.0. The molecule has 0 fully saturated rings. The number of alkyl halides is 3. The number of hydrogen-bond donors (Lipinski definition) is 1. The quantitative estimate of drug-likeness (QED) is 0.750. The molecule has 0 amide bonds. The number of benzene rings is 1. The Morgan fingerprint density at radius 1 is 1.16 bits per heavy atom. The lowest BCUT2D eigenvalue weighted by atomic mass is 10.0. The topological polar surface area (TPSA) is 76.1 Å². The molecule has 0 saturated carbocycles. The van der Waals surface area contributed by atoms with Crippen LogP contribution in [-0.4, -0.2) is 25.4 Å². The van der Waals surface area contributed by atoms with Crippen molar-refractivity contribution in [3.8, 4) is 0 Å². The van der Waals surface area contributed by atoms with Crippen molar-refractivity contribution in [3.63, 3.8) is 0 Å². The van der Waals surface area contributed by atoms with Gasteiger partial charge >= 0.3 is 6.18 Å². The van der Waals surface area contributed by atoms with E-state index in [4.69, 9.17) is 0 Å². The van der Waals surface area contributed by atoms with Gasteiger partial charge in [-0.3, -0.25) is 14.5 Å². The minimum atomic E-state index is -4.30. The van der Waals surface area contributed by atoms with Gasteiger partial charge < -0.3 is 0 Å². The maximum atomic E-state index is 12.2. The number of anilines is 1. The predicted octanol–water partition coefficient (Wildman–Crippen LogP) is 3.80. The Kier molecular flexibility index (Phi) is 5.78. The highest BCUT2D eigenvalue weighted by Gasteiger charge is 2.26. The Balaban J connectivity index is 2.07. The van der Waals surface area contributed by atoms with Gasteiger partial charge in [0, 0.05) is 36.5 Å². The molecule has 0 aliphatic rings. The van der Waals surface area contributed by atoms with Gasteiger partial charge in [-0.05, 0) is 30.7 Å². The summed E-state index contributed by atoms with van der Waals surface area (Å²) in [6, 6.07) is 8.46. The highest BCUT2D eigenvalue weighted by molar-refractivity contribution is 7.92. The fourth-order valence-electron chi connectivity index (χ4n) is 2.07. The SMILES string of the molecule is O=C(CCCC(F)(F)F)c1cccc(NS(=O)(=O)c2cccnc2)c1. The van der Waals surface area contributed by atoms with Gasteiger partial charge in [-0.25, -0.2) is 8.42 Å². The molecule has 1 aromatic heterocycles. The number of halogens is 3. The Labute approximate surface area is 143 Å². The molecule has 0 aliphatic heterocycles. The van der Waals surface area contributed by atoms with Gasteiger partial charge in [0.15, 0.2) is 5.78 Å². The molecule has 1 heterocycles. The number of aromatic nitrogens is 1. The Morgan fingerprint density at radius 2 is 1.92 bits per heavy atom. The van der Waals surface area contributed by atoms with Crippen molar-refractivity contribution >= 4 is 21.5 Å². The molecule has 0 atom stereocenters. The number of ketones is 1. The minimum absolute atomic E-state index is 0.0445. The van der Waals surface area contributed by atoms with E-state index in [1.807, 2.05) is 0 Å². The molecule has 0 saturated heterocycles. The summed E-state index contributed by atoms with van der Waals surface area (Å²) in [5, 5.41) is 0. The first-order chi connectivity index (χ1) is 11.7. The molecule has 134 valence electrons. The average molecular weight is 372 g/mol. The Bertz CT molecular complexity index is 837. The molecular weight excluding hydrogens is 357 g/mol. The number of hydrogen-bond acceptors (Lipinski definition) is 4. The van der Waals surface area contributed by atoms with Crippen LogP contribution >= 0.6 is 0 Å². The molecule has 0 aliphatic carbocycles. The molecule has 0 bridgehead atoms. The molecule has 1 N–H and O–H groups in total. The highest BCUT2D eigenvalue weighted by atomic mass is 32.2. The minimum Gasteiger partial charge on any atom is -0.294 e. The lowest BCUT2D eigenvalue weighted by Crippen LogP contribution is -2.13. The number of carbonyl (C=O) groups excluding carboxylic acids is 1. The van der Waals surface area contributed by atoms with Crippen LogP contribution in [0.4, 0.5) is 18.9 Å². The lowest BCUT2D eigenvalue weighted by Gasteiger charge is -2.09. The van der Waals surface area contributed by atoms with Crippen LogP contribution in [0.2, 0.25) is 0 Å². The van der Waals surface area contributed by atoms with E-state index in [-0.39, 0.29) is 29.0 Å². The number of pyridine rings is 1. The van der Waals surface area contributed by atoms with Gasteiger partial charge in [0.2, 0.25) is 0 Å². The number of nitrogens with zero attached hydrogens (tertiary/aromatic N) is 1. The maximum absolute atomic E-state index is 12.2. The van der Waals surface area contributed by atoms with Crippen molar-refractivity contribution in [3.05, 3.63) is 54.4 Å². The van der Waals surface area contributed by atoms with Crippen molar-refractivity contribution in [1.29, 1.82) is 0 Å². The van der Waals surface area contributed by atoms with Crippen LogP contribution in [0.3, 0.4) is 0 Å². The third-order valence-electron chi connectivity index (χ3n) is 3.25. The highest BCUT2D eigenvalue weighted by Crippen LogP contribution is 2.23. The standard InChI is InChI=1S/C16H15F3N2O3S/c17-16(18,19)8-2-7-15(22)12-4-1-5-13(10-12)21-25(23,24)14-6-3-9-20-11-14/h1,3-6,9-11,21H,2,7-8H2. The van der Waals surface area contributed by atoms with Crippen LogP contribution in [0.15, 0.2) is 53.7 Å². The van der Waals surface area contributed by atoms with E-state index in [0.29, 0.717) is 0 Å². The first kappa shape index (κ1) is 18.9. The second kappa shape index (κ2) is 7.64. The van der Waals surface area contributed by atoms with Crippen LogP contribution < -0.4 is 4.72 Å². The molecule has 0 spiro atoms. The summed E-state index contributed by atoms with van der Waals surface area (Å²) in [5.41, 5.74) is 0.291. The summed E-state index contributed by atoms with van der Waals surface area (Å²) in [6.45, 7) is 0. The number of carbonyl (C=O) groups is 1. The van der Waals surface area contributed by atoms with Crippen molar-refractivity contribution in [2.45, 2.75) is 30.3 Å². The zero-order valence-electron chi connectivity index (χ0n) is 13.0. The van der Waals surface area contributed by atoms with Crippen molar-refractivity contribution in [2.75, 3.05) is 4.72 Å². The van der Waals surface area contributed by atoms with Crippen molar-refractivity contribution < 1.29 is 26.4 Å². The van der Waals surface area contributed by atoms with E-state index in [2.05, 4.69) is 9.71 Å². The largest absolute Gasteiger partial charge is 0.389 e. The summed E-state index contributed by atoms with van der Waals surface area (Å²) in [5.74, 6) is -0.480. The number of Topliss-reactive ketones (excluding diaryl/α,β-unsaturated/α-hetero) is 1. The molecule has 2 rings (SSSR count). The van der Waals surface area contributed by atoms with E-state index in [1.165, 1.54) is 48.8 Å². The van der Waals surface area contributed by atoms with Crippen LogP contribution in [0.25, 0.3) is 0 Å². The molecule has 25 heavy (non-hydrogen) atoms. The molecule has 1 aromatic carbocycles. The molecule has 2 aromatic rings. The summed E-state index contributed by atoms with van der Waals surface area (Å²) in [7, 11) is -3.86. The van der Waals surface area contributed by atoms with Gasteiger partial charge in [-0.2, -0.15) is 13.2 Å². The van der Waals surface area contributed by atoms with E-state index in [0.717, 1.165) is 0 Å². The number of rotatable bonds is 7. The molecule has 5 nitrogen and oxygen atoms in total. The van der Waals surface area contributed by atoms with Gasteiger partial charge in [0.25, 0.3) is 10.0 Å². The summed E-state index contributed by atoms with van der Waals surface area (Å²) in [4.78, 5) is 15.6. The van der Waals surface area contributed by atoms with E-state index in [9.17, 15) is 26.4 Å². The van der Waals surface area contributed by atoms with Crippen LogP contribution in [0.1, 0.15) is 29.6 Å². The van der Waals surface area contributed by atoms with Crippen LogP contribution in [0, 0.1) is 0 Å². The first-order valence-corrected chi connectivity index (χ1v) is 8.78. The maximum Gasteiger partial charge on any atom is 0.389 e. The predicted molar refractivity (Wildman–Crippen MR) is 85.7 cm³/mol. The molecule has 0 unspecified atom stereocenters. The van der Waals surface area contributed by atoms with E-state index >= 15 is 0 Å². The fourth-order valence-corrected chi connectivity index (χ4v) is 3.08. The summed E-state index contributed by atoms with van der Waals surface area (Å²) in [6.07, 6.45) is -3.31. The van der Waals surface area contributed by atoms with Gasteiger partial charge in [0.1, 0.15) is 4.90 Å². The summed E-state index contributed by atoms with van der Waals surface area (Å²) < 4.78 is 63.1. The first-order valence-electron chi connectivity index (χ1n) is 7.30. The zero-order chi connectivity index (χ0) is 18.5. The van der Waals surface area contributed by atoms with Gasteiger partial charge in [-0.15, -0.1) is 0 Å². The average Bonchev–Trinajstić information content (AvgIpc) is 2.54.